The molecule has 0 aliphatic rings. The average Bonchev–Trinajstić information content (AvgIpc) is 3.55. The molecule has 6 rings (SSSR count). The van der Waals surface area contributed by atoms with Gasteiger partial charge >= 0.3 is 0 Å². The number of nitrogens with zero attached hydrogens (tertiary/aromatic N) is 6. The Kier molecular flexibility index (Phi) is 6.24. The lowest BCUT2D eigenvalue weighted by molar-refractivity contribution is 0.586. The Hall–Kier alpha value is -4.75. The van der Waals surface area contributed by atoms with E-state index in [1.807, 2.05) is 31.1 Å². The molecule has 0 amide bonds. The van der Waals surface area contributed by atoms with E-state index < -0.39 is 15.8 Å². The van der Waals surface area contributed by atoms with E-state index >= 15 is 0 Å². The van der Waals surface area contributed by atoms with Gasteiger partial charge in [-0.25, -0.2) is 27.5 Å². The lowest BCUT2D eigenvalue weighted by Crippen LogP contribution is -2.21. The molecule has 3 N–H and O–H groups in total. The SMILES string of the molecule is CN(C)c1cncc(-c2cnc3n[nH]c(-c4nc5c(-c6cc(F)cc(CNS(C)(=O)=O)c6)nccc5[nH]4)c3c2)c1. The molecule has 1 aromatic carbocycles. The van der Waals surface area contributed by atoms with Crippen LogP contribution in [-0.2, 0) is 16.6 Å². The lowest BCUT2D eigenvalue weighted by atomic mass is 10.1. The Balaban J connectivity index is 1.42. The van der Waals surface area contributed by atoms with Gasteiger partial charge in [-0.3, -0.25) is 15.1 Å². The third-order valence-corrected chi connectivity index (χ3v) is 7.06. The normalized spacial score (nSPS) is 11.9. The van der Waals surface area contributed by atoms with E-state index in [9.17, 15) is 12.8 Å². The monoisotopic (exact) mass is 557 g/mol. The fraction of sp³-hybridized carbons (Fsp3) is 0.148. The molecule has 0 saturated carbocycles. The van der Waals surface area contributed by atoms with Gasteiger partial charge in [0.05, 0.1) is 34.7 Å². The van der Waals surface area contributed by atoms with Gasteiger partial charge in [-0.2, -0.15) is 5.10 Å². The van der Waals surface area contributed by atoms with Crippen molar-refractivity contribution in [1.82, 2.24) is 39.8 Å². The number of fused-ring (bicyclic) bond motifs is 2. The number of imidazole rings is 1. The van der Waals surface area contributed by atoms with Gasteiger partial charge in [-0.05, 0) is 42.0 Å². The third-order valence-electron chi connectivity index (χ3n) is 6.39. The first-order valence-electron chi connectivity index (χ1n) is 12.2. The van der Waals surface area contributed by atoms with Gasteiger partial charge in [0.2, 0.25) is 10.0 Å². The van der Waals surface area contributed by atoms with Crippen molar-refractivity contribution in [2.24, 2.45) is 0 Å². The molecule has 40 heavy (non-hydrogen) atoms. The highest BCUT2D eigenvalue weighted by molar-refractivity contribution is 7.88. The summed E-state index contributed by atoms with van der Waals surface area (Å²) >= 11 is 0. The molecule has 0 radical (unpaired) electrons. The number of anilines is 1. The fourth-order valence-corrected chi connectivity index (χ4v) is 4.87. The van der Waals surface area contributed by atoms with Crippen LogP contribution in [0.25, 0.3) is 56.0 Å². The molecule has 0 unspecified atom stereocenters. The number of nitrogens with one attached hydrogen (secondary N) is 3. The molecule has 0 aliphatic heterocycles. The van der Waals surface area contributed by atoms with Gasteiger partial charge in [0.1, 0.15) is 17.0 Å². The highest BCUT2D eigenvalue weighted by Gasteiger charge is 2.18. The molecule has 5 aromatic heterocycles. The predicted molar refractivity (Wildman–Crippen MR) is 151 cm³/mol. The van der Waals surface area contributed by atoms with Crippen LogP contribution in [0, 0.1) is 5.82 Å². The summed E-state index contributed by atoms with van der Waals surface area (Å²) in [6.07, 6.45) is 7.99. The summed E-state index contributed by atoms with van der Waals surface area (Å²) in [6.45, 7) is -0.0478. The molecule has 0 fully saturated rings. The fourth-order valence-electron chi connectivity index (χ4n) is 4.44. The number of hydrogen-bond donors (Lipinski definition) is 3. The Bertz CT molecular complexity index is 2000. The summed E-state index contributed by atoms with van der Waals surface area (Å²) in [5.41, 5.74) is 6.53. The molecule has 6 aromatic rings. The van der Waals surface area contributed by atoms with Crippen LogP contribution in [0.5, 0.6) is 0 Å². The molecule has 202 valence electrons. The second kappa shape index (κ2) is 9.77. The summed E-state index contributed by atoms with van der Waals surface area (Å²) < 4.78 is 40.0. The standard InChI is InChI=1S/C27H24FN9O2S/c1-37(2)20-9-17(12-29-14-20)18-10-21-24(35-36-26(21)31-13-18)27-33-22-4-5-30-23(25(22)34-27)16-6-15(7-19(28)8-16)11-32-40(3,38)39/h4-10,12-14,32H,11H2,1-3H3,(H,33,34)(H,31,35,36). The molecule has 11 nitrogen and oxygen atoms in total. The summed E-state index contributed by atoms with van der Waals surface area (Å²) in [5, 5.41) is 8.15. The van der Waals surface area contributed by atoms with Crippen LogP contribution >= 0.6 is 0 Å². The van der Waals surface area contributed by atoms with E-state index in [1.165, 1.54) is 12.1 Å². The number of benzene rings is 1. The molecule has 0 saturated heterocycles. The largest absolute Gasteiger partial charge is 0.376 e. The Morgan fingerprint density at radius 2 is 1.82 bits per heavy atom. The highest BCUT2D eigenvalue weighted by atomic mass is 32.2. The number of hydrogen-bond acceptors (Lipinski definition) is 8. The first kappa shape index (κ1) is 25.5. The van der Waals surface area contributed by atoms with E-state index in [1.54, 1.807) is 36.9 Å². The van der Waals surface area contributed by atoms with Crippen molar-refractivity contribution in [2.45, 2.75) is 6.54 Å². The summed E-state index contributed by atoms with van der Waals surface area (Å²) in [5.74, 6) is 0.00425. The van der Waals surface area contributed by atoms with Crippen molar-refractivity contribution in [2.75, 3.05) is 25.3 Å². The number of aromatic amines is 2. The number of aromatic nitrogens is 7. The van der Waals surface area contributed by atoms with Crippen molar-refractivity contribution in [1.29, 1.82) is 0 Å². The molecule has 0 spiro atoms. The quantitative estimate of drug-likeness (QED) is 0.268. The minimum absolute atomic E-state index is 0.0478. The number of halogens is 1. The number of pyridine rings is 3. The van der Waals surface area contributed by atoms with Gasteiger partial charge < -0.3 is 9.88 Å². The molecule has 13 heteroatoms. The van der Waals surface area contributed by atoms with Crippen molar-refractivity contribution in [3.05, 3.63) is 72.6 Å². The Morgan fingerprint density at radius 1 is 1.00 bits per heavy atom. The number of rotatable bonds is 7. The Morgan fingerprint density at radius 3 is 2.62 bits per heavy atom. The van der Waals surface area contributed by atoms with Crippen LogP contribution in [0.4, 0.5) is 10.1 Å². The van der Waals surface area contributed by atoms with Crippen LogP contribution < -0.4 is 9.62 Å². The molecule has 0 bridgehead atoms. The van der Waals surface area contributed by atoms with Gasteiger partial charge in [-0.1, -0.05) is 0 Å². The van der Waals surface area contributed by atoms with Crippen LogP contribution in [0.15, 0.2) is 61.2 Å². The lowest BCUT2D eigenvalue weighted by Gasteiger charge is -2.12. The minimum atomic E-state index is -3.44. The maximum absolute atomic E-state index is 14.5. The van der Waals surface area contributed by atoms with Gasteiger partial charge in [-0.15, -0.1) is 0 Å². The minimum Gasteiger partial charge on any atom is -0.376 e. The van der Waals surface area contributed by atoms with Gasteiger partial charge in [0.15, 0.2) is 11.5 Å². The van der Waals surface area contributed by atoms with Crippen molar-refractivity contribution in [3.63, 3.8) is 0 Å². The Labute approximate surface area is 228 Å². The zero-order valence-electron chi connectivity index (χ0n) is 21.8. The summed E-state index contributed by atoms with van der Waals surface area (Å²) in [4.78, 5) is 23.4. The van der Waals surface area contributed by atoms with E-state index in [0.29, 0.717) is 45.0 Å². The number of H-pyrrole nitrogens is 2. The topological polar surface area (TPSA) is 145 Å². The van der Waals surface area contributed by atoms with E-state index in [-0.39, 0.29) is 6.54 Å². The van der Waals surface area contributed by atoms with Crippen molar-refractivity contribution in [3.8, 4) is 33.9 Å². The predicted octanol–water partition coefficient (Wildman–Crippen LogP) is 3.88. The molecule has 0 aliphatic carbocycles. The maximum atomic E-state index is 14.5. The second-order valence-electron chi connectivity index (χ2n) is 9.60. The highest BCUT2D eigenvalue weighted by Crippen LogP contribution is 2.32. The average molecular weight is 558 g/mol. The van der Waals surface area contributed by atoms with Crippen molar-refractivity contribution >= 4 is 37.8 Å². The summed E-state index contributed by atoms with van der Waals surface area (Å²) in [7, 11) is 0.474. The van der Waals surface area contributed by atoms with Crippen molar-refractivity contribution < 1.29 is 12.8 Å². The van der Waals surface area contributed by atoms with E-state index in [2.05, 4.69) is 34.9 Å². The first-order chi connectivity index (χ1) is 19.1. The number of sulfonamides is 1. The van der Waals surface area contributed by atoms with Crippen LogP contribution in [0.1, 0.15) is 5.56 Å². The van der Waals surface area contributed by atoms with Crippen LogP contribution in [0.3, 0.4) is 0 Å². The first-order valence-corrected chi connectivity index (χ1v) is 14.1. The third kappa shape index (κ3) is 4.99. The second-order valence-corrected chi connectivity index (χ2v) is 11.4. The van der Waals surface area contributed by atoms with E-state index in [0.717, 1.165) is 28.5 Å². The summed E-state index contributed by atoms with van der Waals surface area (Å²) in [6, 6.07) is 10.1. The van der Waals surface area contributed by atoms with E-state index in [4.69, 9.17) is 4.98 Å². The smallest absolute Gasteiger partial charge is 0.209 e. The zero-order valence-corrected chi connectivity index (χ0v) is 22.6. The maximum Gasteiger partial charge on any atom is 0.209 e. The molecular formula is C27H24FN9O2S. The van der Waals surface area contributed by atoms with Gasteiger partial charge in [0, 0.05) is 55.9 Å². The molecular weight excluding hydrogens is 533 g/mol. The molecule has 5 heterocycles. The van der Waals surface area contributed by atoms with Gasteiger partial charge in [0.25, 0.3) is 0 Å². The zero-order chi connectivity index (χ0) is 28.0. The van der Waals surface area contributed by atoms with Crippen LogP contribution in [0.2, 0.25) is 0 Å². The van der Waals surface area contributed by atoms with Crippen LogP contribution in [-0.4, -0.2) is 63.9 Å². The molecule has 0 atom stereocenters.